The molecule has 5 nitrogen and oxygen atoms in total. The highest BCUT2D eigenvalue weighted by atomic mass is 19.1. The second kappa shape index (κ2) is 8.60. The lowest BCUT2D eigenvalue weighted by Gasteiger charge is -2.59. The molecule has 2 fully saturated rings. The monoisotopic (exact) mass is 470 g/mol. The third kappa shape index (κ3) is 3.12. The molecule has 2 aliphatic rings. The SMILES string of the molecule is COC(=O)C12CC(C)CC(C(=O)OC)(C1=O)C(c1ccccc1F)C(C)C2c1ccccc1F. The molecule has 0 saturated heterocycles. The van der Waals surface area contributed by atoms with Crippen LogP contribution in [0.4, 0.5) is 8.78 Å². The number of esters is 2. The highest BCUT2D eigenvalue weighted by Gasteiger charge is 2.74. The Balaban J connectivity index is 2.12. The smallest absolute Gasteiger partial charge is 0.320 e. The van der Waals surface area contributed by atoms with E-state index in [1.165, 1.54) is 50.6 Å². The molecule has 4 unspecified atom stereocenters. The lowest BCUT2D eigenvalue weighted by atomic mass is 9.40. The zero-order valence-electron chi connectivity index (χ0n) is 19.6. The van der Waals surface area contributed by atoms with Gasteiger partial charge < -0.3 is 9.47 Å². The minimum atomic E-state index is -1.82. The summed E-state index contributed by atoms with van der Waals surface area (Å²) in [5.74, 6) is -6.40. The summed E-state index contributed by atoms with van der Waals surface area (Å²) in [7, 11) is 2.35. The van der Waals surface area contributed by atoms with Gasteiger partial charge in [-0.15, -0.1) is 0 Å². The fourth-order valence-electron chi connectivity index (χ4n) is 6.90. The molecule has 2 aromatic carbocycles. The van der Waals surface area contributed by atoms with Crippen LogP contribution in [-0.2, 0) is 23.9 Å². The third-order valence-corrected chi connectivity index (χ3v) is 7.84. The number of methoxy groups -OCH3 is 2. The summed E-state index contributed by atoms with van der Waals surface area (Å²) in [4.78, 5) is 41.4. The van der Waals surface area contributed by atoms with Crippen LogP contribution in [0.25, 0.3) is 0 Å². The fourth-order valence-corrected chi connectivity index (χ4v) is 6.90. The molecule has 0 N–H and O–H groups in total. The van der Waals surface area contributed by atoms with Crippen LogP contribution in [0.1, 0.15) is 49.7 Å². The Hall–Kier alpha value is -3.09. The molecule has 0 heterocycles. The number of hydrogen-bond donors (Lipinski definition) is 0. The molecule has 2 bridgehead atoms. The quantitative estimate of drug-likeness (QED) is 0.474. The molecule has 2 aliphatic carbocycles. The number of hydrogen-bond acceptors (Lipinski definition) is 5. The highest BCUT2D eigenvalue weighted by Crippen LogP contribution is 2.68. The van der Waals surface area contributed by atoms with Crippen molar-refractivity contribution in [2.45, 2.75) is 38.5 Å². The number of Topliss-reactive ketones (excluding diaryl/α,β-unsaturated/α-hetero) is 1. The molecule has 0 aromatic heterocycles. The molecule has 7 heteroatoms. The van der Waals surface area contributed by atoms with Crippen molar-refractivity contribution in [2.24, 2.45) is 22.7 Å². The largest absolute Gasteiger partial charge is 0.468 e. The van der Waals surface area contributed by atoms with Gasteiger partial charge in [0.1, 0.15) is 22.5 Å². The number of benzene rings is 2. The van der Waals surface area contributed by atoms with Gasteiger partial charge in [-0.3, -0.25) is 14.4 Å². The first-order valence-electron chi connectivity index (χ1n) is 11.4. The number of fused-ring (bicyclic) bond motifs is 2. The van der Waals surface area contributed by atoms with Gasteiger partial charge >= 0.3 is 11.9 Å². The number of rotatable bonds is 4. The van der Waals surface area contributed by atoms with Crippen LogP contribution in [0.3, 0.4) is 0 Å². The minimum absolute atomic E-state index is 0.0879. The van der Waals surface area contributed by atoms with Crippen molar-refractivity contribution in [1.82, 2.24) is 0 Å². The van der Waals surface area contributed by atoms with Gasteiger partial charge in [-0.2, -0.15) is 0 Å². The summed E-state index contributed by atoms with van der Waals surface area (Å²) in [6, 6.07) is 11.9. The number of carbonyl (C=O) groups is 3. The maximum absolute atomic E-state index is 15.2. The van der Waals surface area contributed by atoms with Crippen molar-refractivity contribution in [3.05, 3.63) is 71.3 Å². The summed E-state index contributed by atoms with van der Waals surface area (Å²) in [5.41, 5.74) is -3.29. The molecule has 0 spiro atoms. The molecule has 0 amide bonds. The average molecular weight is 471 g/mol. The van der Waals surface area contributed by atoms with E-state index in [1.54, 1.807) is 19.1 Å². The molecule has 4 atom stereocenters. The predicted molar refractivity (Wildman–Crippen MR) is 120 cm³/mol. The first-order valence-corrected chi connectivity index (χ1v) is 11.4. The van der Waals surface area contributed by atoms with Crippen LogP contribution in [0, 0.1) is 34.3 Å². The number of carbonyl (C=O) groups excluding carboxylic acids is 3. The van der Waals surface area contributed by atoms with E-state index in [0.29, 0.717) is 0 Å². The van der Waals surface area contributed by atoms with Crippen LogP contribution in [0.5, 0.6) is 0 Å². The lowest BCUT2D eigenvalue weighted by Crippen LogP contribution is -2.67. The Morgan fingerprint density at radius 3 is 1.53 bits per heavy atom. The molecular weight excluding hydrogens is 442 g/mol. The summed E-state index contributed by atoms with van der Waals surface area (Å²) in [5, 5.41) is 0. The van der Waals surface area contributed by atoms with E-state index in [1.807, 2.05) is 6.92 Å². The van der Waals surface area contributed by atoms with Gasteiger partial charge in [0, 0.05) is 11.8 Å². The standard InChI is InChI=1S/C27H28F2O5/c1-15-13-26(24(31)33-3)21(17-9-5-7-11-19(17)28)16(2)22(18-10-6-8-12-20(18)29)27(14-15,23(26)30)25(32)34-4/h5-12,15-16,21-22H,13-14H2,1-4H3. The topological polar surface area (TPSA) is 69.7 Å². The number of ether oxygens (including phenoxy) is 2. The van der Waals surface area contributed by atoms with Crippen LogP contribution >= 0.6 is 0 Å². The molecule has 2 saturated carbocycles. The Kier molecular flexibility index (Phi) is 6.08. The van der Waals surface area contributed by atoms with Gasteiger partial charge in [0.2, 0.25) is 0 Å². The maximum Gasteiger partial charge on any atom is 0.320 e. The fraction of sp³-hybridized carbons (Fsp3) is 0.444. The highest BCUT2D eigenvalue weighted by molar-refractivity contribution is 6.17. The summed E-state index contributed by atoms with van der Waals surface area (Å²) < 4.78 is 40.7. The zero-order valence-corrected chi connectivity index (χ0v) is 19.6. The van der Waals surface area contributed by atoms with E-state index in [-0.39, 0.29) is 29.9 Å². The van der Waals surface area contributed by atoms with Crippen molar-refractivity contribution >= 4 is 17.7 Å². The van der Waals surface area contributed by atoms with E-state index >= 15 is 8.78 Å². The van der Waals surface area contributed by atoms with Crippen LogP contribution in [-0.4, -0.2) is 31.9 Å². The Labute approximate surface area is 197 Å². The molecule has 34 heavy (non-hydrogen) atoms. The normalized spacial score (nSPS) is 32.7. The summed E-state index contributed by atoms with van der Waals surface area (Å²) in [6.07, 6.45) is 0.176. The second-order valence-electron chi connectivity index (χ2n) is 9.63. The van der Waals surface area contributed by atoms with E-state index in [0.717, 1.165) is 0 Å². The van der Waals surface area contributed by atoms with Gasteiger partial charge in [-0.1, -0.05) is 50.2 Å². The summed E-state index contributed by atoms with van der Waals surface area (Å²) in [6.45, 7) is 3.57. The molecule has 180 valence electrons. The van der Waals surface area contributed by atoms with Crippen molar-refractivity contribution in [3.8, 4) is 0 Å². The number of ketones is 1. The van der Waals surface area contributed by atoms with E-state index < -0.39 is 57.9 Å². The average Bonchev–Trinajstić information content (AvgIpc) is 2.82. The number of halogens is 2. The molecule has 2 aromatic rings. The first-order chi connectivity index (χ1) is 16.2. The molecular formula is C27H28F2O5. The molecule has 4 rings (SSSR count). The zero-order chi connectivity index (χ0) is 24.8. The van der Waals surface area contributed by atoms with Crippen molar-refractivity contribution in [3.63, 3.8) is 0 Å². The summed E-state index contributed by atoms with van der Waals surface area (Å²) >= 11 is 0. The van der Waals surface area contributed by atoms with Gasteiger partial charge in [0.15, 0.2) is 5.78 Å². The van der Waals surface area contributed by atoms with E-state index in [9.17, 15) is 14.4 Å². The Morgan fingerprint density at radius 2 is 1.18 bits per heavy atom. The van der Waals surface area contributed by atoms with Crippen molar-refractivity contribution in [2.75, 3.05) is 14.2 Å². The third-order valence-electron chi connectivity index (χ3n) is 7.84. The van der Waals surface area contributed by atoms with Crippen LogP contribution < -0.4 is 0 Å². The first kappa shape index (κ1) is 24.0. The van der Waals surface area contributed by atoms with Gasteiger partial charge in [-0.25, -0.2) is 8.78 Å². The molecule has 0 radical (unpaired) electrons. The van der Waals surface area contributed by atoms with E-state index in [2.05, 4.69) is 0 Å². The molecule has 0 aliphatic heterocycles. The van der Waals surface area contributed by atoms with Crippen LogP contribution in [0.15, 0.2) is 48.5 Å². The van der Waals surface area contributed by atoms with Gasteiger partial charge in [0.05, 0.1) is 14.2 Å². The minimum Gasteiger partial charge on any atom is -0.468 e. The lowest BCUT2D eigenvalue weighted by molar-refractivity contribution is -0.189. The van der Waals surface area contributed by atoms with Crippen molar-refractivity contribution < 1.29 is 32.6 Å². The van der Waals surface area contributed by atoms with Gasteiger partial charge in [-0.05, 0) is 47.9 Å². The Morgan fingerprint density at radius 1 is 0.794 bits per heavy atom. The predicted octanol–water partition coefficient (Wildman–Crippen LogP) is 4.80. The maximum atomic E-state index is 15.2. The van der Waals surface area contributed by atoms with Gasteiger partial charge in [0.25, 0.3) is 0 Å². The van der Waals surface area contributed by atoms with Crippen molar-refractivity contribution in [1.29, 1.82) is 0 Å². The van der Waals surface area contributed by atoms with Crippen LogP contribution in [0.2, 0.25) is 0 Å². The van der Waals surface area contributed by atoms with E-state index in [4.69, 9.17) is 9.47 Å². The Bertz CT molecular complexity index is 1060. The second-order valence-corrected chi connectivity index (χ2v) is 9.63.